The van der Waals surface area contributed by atoms with Crippen LogP contribution in [0.4, 0.5) is 18.9 Å². The van der Waals surface area contributed by atoms with E-state index in [0.717, 1.165) is 28.7 Å². The van der Waals surface area contributed by atoms with Crippen molar-refractivity contribution in [3.05, 3.63) is 60.3 Å². The predicted octanol–water partition coefficient (Wildman–Crippen LogP) is 4.09. The summed E-state index contributed by atoms with van der Waals surface area (Å²) >= 11 is -1.36. The molecule has 1 fully saturated rings. The second-order valence-corrected chi connectivity index (χ2v) is 9.06. The van der Waals surface area contributed by atoms with Crippen molar-refractivity contribution in [3.8, 4) is 0 Å². The number of fused-ring (bicyclic) bond motifs is 1. The molecule has 5 nitrogen and oxygen atoms in total. The number of ketones is 1. The van der Waals surface area contributed by atoms with E-state index in [9.17, 15) is 22.5 Å². The van der Waals surface area contributed by atoms with Crippen LogP contribution in [0.25, 0.3) is 10.9 Å². The van der Waals surface area contributed by atoms with Crippen molar-refractivity contribution >= 4 is 33.7 Å². The van der Waals surface area contributed by atoms with Gasteiger partial charge in [0.25, 0.3) is 0 Å². The van der Waals surface area contributed by atoms with Crippen LogP contribution in [0.1, 0.15) is 12.5 Å². The molecule has 1 atom stereocenters. The highest BCUT2D eigenvalue weighted by Crippen LogP contribution is 2.31. The highest BCUT2D eigenvalue weighted by atomic mass is 32.2. The highest BCUT2D eigenvalue weighted by Gasteiger charge is 2.31. The summed E-state index contributed by atoms with van der Waals surface area (Å²) in [6, 6.07) is 12.6. The third kappa shape index (κ3) is 4.73. The van der Waals surface area contributed by atoms with Gasteiger partial charge in [0.05, 0.1) is 42.1 Å². The SMILES string of the molecule is CC(=O)Cn1ccc2ccc([S+]([O-])N3CCN(c4ccc(C(F)(F)F)cc4)CC3)cc21. The van der Waals surface area contributed by atoms with E-state index in [-0.39, 0.29) is 12.3 Å². The third-order valence-electron chi connectivity index (χ3n) is 5.37. The van der Waals surface area contributed by atoms with E-state index in [1.807, 2.05) is 44.2 Å². The molecule has 0 radical (unpaired) electrons. The predicted molar refractivity (Wildman–Crippen MR) is 114 cm³/mol. The topological polar surface area (TPSA) is 51.5 Å². The molecular weight excluding hydrogens is 427 g/mol. The van der Waals surface area contributed by atoms with Gasteiger partial charge in [-0.1, -0.05) is 0 Å². The van der Waals surface area contributed by atoms with Gasteiger partial charge in [-0.3, -0.25) is 4.79 Å². The first kappa shape index (κ1) is 21.7. The fourth-order valence-electron chi connectivity index (χ4n) is 3.77. The Bertz CT molecular complexity index is 1070. The number of piperazine rings is 1. The Morgan fingerprint density at radius 3 is 2.32 bits per heavy atom. The molecule has 0 aliphatic carbocycles. The molecule has 0 amide bonds. The van der Waals surface area contributed by atoms with Crippen LogP contribution in [-0.4, -0.2) is 45.4 Å². The Kier molecular flexibility index (Phi) is 6.00. The minimum atomic E-state index is -4.35. The lowest BCUT2D eigenvalue weighted by Gasteiger charge is -2.35. The monoisotopic (exact) mass is 449 g/mol. The lowest BCUT2D eigenvalue weighted by atomic mass is 10.2. The summed E-state index contributed by atoms with van der Waals surface area (Å²) in [5.74, 6) is 0.0448. The molecule has 3 aromatic rings. The van der Waals surface area contributed by atoms with Crippen LogP contribution >= 0.6 is 0 Å². The van der Waals surface area contributed by atoms with Crippen molar-refractivity contribution in [1.82, 2.24) is 8.87 Å². The van der Waals surface area contributed by atoms with Crippen LogP contribution < -0.4 is 4.90 Å². The van der Waals surface area contributed by atoms with Crippen molar-refractivity contribution in [2.24, 2.45) is 0 Å². The third-order valence-corrected chi connectivity index (χ3v) is 6.86. The maximum absolute atomic E-state index is 13.1. The first-order valence-electron chi connectivity index (χ1n) is 9.90. The number of halogens is 3. The number of anilines is 1. The van der Waals surface area contributed by atoms with Crippen molar-refractivity contribution in [2.45, 2.75) is 24.5 Å². The average molecular weight is 449 g/mol. The Hall–Kier alpha value is -2.49. The van der Waals surface area contributed by atoms with Crippen LogP contribution in [0.3, 0.4) is 0 Å². The van der Waals surface area contributed by atoms with E-state index in [1.165, 1.54) is 19.1 Å². The molecule has 2 aromatic carbocycles. The van der Waals surface area contributed by atoms with Crippen LogP contribution in [-0.2, 0) is 28.9 Å². The van der Waals surface area contributed by atoms with E-state index >= 15 is 0 Å². The molecule has 1 unspecified atom stereocenters. The van der Waals surface area contributed by atoms with Crippen LogP contribution in [0.2, 0.25) is 0 Å². The number of carbonyl (C=O) groups is 1. The maximum atomic E-state index is 13.1. The van der Waals surface area contributed by atoms with Gasteiger partial charge in [0.1, 0.15) is 5.78 Å². The molecule has 31 heavy (non-hydrogen) atoms. The van der Waals surface area contributed by atoms with Gasteiger partial charge < -0.3 is 14.0 Å². The van der Waals surface area contributed by atoms with Gasteiger partial charge in [0, 0.05) is 31.0 Å². The molecule has 164 valence electrons. The number of hydrogen-bond donors (Lipinski definition) is 0. The molecule has 0 spiro atoms. The maximum Gasteiger partial charge on any atom is 0.416 e. The fraction of sp³-hybridized carbons (Fsp3) is 0.318. The highest BCUT2D eigenvalue weighted by molar-refractivity contribution is 7.89. The zero-order chi connectivity index (χ0) is 22.2. The summed E-state index contributed by atoms with van der Waals surface area (Å²) in [5, 5.41) is 0.981. The summed E-state index contributed by atoms with van der Waals surface area (Å²) in [6.45, 7) is 4.00. The van der Waals surface area contributed by atoms with E-state index in [4.69, 9.17) is 0 Å². The summed E-state index contributed by atoms with van der Waals surface area (Å²) in [5.41, 5.74) is 0.923. The van der Waals surface area contributed by atoms with Crippen LogP contribution in [0, 0.1) is 0 Å². The van der Waals surface area contributed by atoms with Gasteiger partial charge >= 0.3 is 6.18 Å². The van der Waals surface area contributed by atoms with Gasteiger partial charge in [-0.15, -0.1) is 4.31 Å². The second-order valence-electron chi connectivity index (χ2n) is 7.58. The Balaban J connectivity index is 1.43. The summed E-state index contributed by atoms with van der Waals surface area (Å²) in [6.07, 6.45) is -2.50. The van der Waals surface area contributed by atoms with Crippen molar-refractivity contribution in [1.29, 1.82) is 0 Å². The zero-order valence-corrected chi connectivity index (χ0v) is 17.7. The molecule has 4 rings (SSSR count). The number of nitrogens with zero attached hydrogens (tertiary/aromatic N) is 3. The normalized spacial score (nSPS) is 16.6. The van der Waals surface area contributed by atoms with Crippen molar-refractivity contribution < 1.29 is 22.5 Å². The standard InChI is InChI=1S/C22H22F3N3O2S/c1-16(29)15-27-9-8-17-2-7-20(14-21(17)27)31(30)28-12-10-26(11-13-28)19-5-3-18(4-6-19)22(23,24)25/h2-9,14H,10-13,15H2,1H3. The number of carbonyl (C=O) groups excluding carboxylic acids is 1. The Morgan fingerprint density at radius 2 is 1.71 bits per heavy atom. The number of benzene rings is 2. The first-order valence-corrected chi connectivity index (χ1v) is 11.0. The summed E-state index contributed by atoms with van der Waals surface area (Å²) in [4.78, 5) is 14.1. The Labute approximate surface area is 181 Å². The fourth-order valence-corrected chi connectivity index (χ4v) is 4.96. The van der Waals surface area contributed by atoms with E-state index in [0.29, 0.717) is 31.1 Å². The quantitative estimate of drug-likeness (QED) is 0.551. The molecule has 1 aliphatic rings. The molecule has 1 saturated heterocycles. The zero-order valence-electron chi connectivity index (χ0n) is 16.9. The van der Waals surface area contributed by atoms with Crippen LogP contribution in [0.15, 0.2) is 59.6 Å². The Morgan fingerprint density at radius 1 is 1.03 bits per heavy atom. The van der Waals surface area contributed by atoms with Gasteiger partial charge in [-0.05, 0) is 54.8 Å². The van der Waals surface area contributed by atoms with Gasteiger partial charge in [-0.2, -0.15) is 13.2 Å². The molecule has 9 heteroatoms. The van der Waals surface area contributed by atoms with Gasteiger partial charge in [0.15, 0.2) is 4.90 Å². The number of alkyl halides is 3. The van der Waals surface area contributed by atoms with Crippen molar-refractivity contribution in [3.63, 3.8) is 0 Å². The number of Topliss-reactive ketones (excluding diaryl/α,β-unsaturated/α-hetero) is 1. The molecule has 2 heterocycles. The van der Waals surface area contributed by atoms with Crippen LogP contribution in [0.5, 0.6) is 0 Å². The van der Waals surface area contributed by atoms with Crippen molar-refractivity contribution in [2.75, 3.05) is 31.1 Å². The van der Waals surface area contributed by atoms with E-state index in [2.05, 4.69) is 0 Å². The molecule has 1 aliphatic heterocycles. The largest absolute Gasteiger partial charge is 0.593 e. The number of aromatic nitrogens is 1. The smallest absolute Gasteiger partial charge is 0.416 e. The molecule has 1 aromatic heterocycles. The van der Waals surface area contributed by atoms with Gasteiger partial charge in [-0.25, -0.2) is 0 Å². The lowest BCUT2D eigenvalue weighted by molar-refractivity contribution is -0.137. The lowest BCUT2D eigenvalue weighted by Crippen LogP contribution is -2.48. The number of hydrogen-bond acceptors (Lipinski definition) is 4. The average Bonchev–Trinajstić information content (AvgIpc) is 3.14. The molecular formula is C22H22F3N3O2S. The van der Waals surface area contributed by atoms with Gasteiger partial charge in [0.2, 0.25) is 0 Å². The van der Waals surface area contributed by atoms with E-state index in [1.54, 1.807) is 0 Å². The minimum absolute atomic E-state index is 0.0448. The molecule has 0 saturated carbocycles. The number of rotatable bonds is 5. The first-order chi connectivity index (χ1) is 14.7. The summed E-state index contributed by atoms with van der Waals surface area (Å²) < 4.78 is 55.1. The molecule has 0 bridgehead atoms. The minimum Gasteiger partial charge on any atom is -0.593 e. The molecule has 0 N–H and O–H groups in total. The van der Waals surface area contributed by atoms with E-state index < -0.39 is 23.1 Å². The summed E-state index contributed by atoms with van der Waals surface area (Å²) in [7, 11) is 0. The second kappa shape index (κ2) is 8.57.